The summed E-state index contributed by atoms with van der Waals surface area (Å²) in [6, 6.07) is 6.32. The van der Waals surface area contributed by atoms with Gasteiger partial charge in [-0.15, -0.1) is 0 Å². The highest BCUT2D eigenvalue weighted by atomic mass is 19.1. The van der Waals surface area contributed by atoms with Gasteiger partial charge < -0.3 is 14.7 Å². The van der Waals surface area contributed by atoms with E-state index in [1.807, 2.05) is 24.0 Å². The second-order valence-electron chi connectivity index (χ2n) is 8.36. The number of aromatic nitrogens is 4. The number of carboxylic acids is 1. The number of halogens is 1. The largest absolute Gasteiger partial charge is 0.477 e. The molecule has 1 aliphatic heterocycles. The van der Waals surface area contributed by atoms with Gasteiger partial charge in [0.2, 0.25) is 11.3 Å². The number of pyridine rings is 2. The van der Waals surface area contributed by atoms with E-state index in [4.69, 9.17) is 4.74 Å². The van der Waals surface area contributed by atoms with Crippen LogP contribution in [0.4, 0.5) is 10.1 Å². The molecule has 0 aliphatic carbocycles. The highest BCUT2D eigenvalue weighted by Crippen LogP contribution is 2.32. The lowest BCUT2D eigenvalue weighted by atomic mass is 10.1. The number of anilines is 1. The minimum Gasteiger partial charge on any atom is -0.477 e. The van der Waals surface area contributed by atoms with Crippen LogP contribution in [0.5, 0.6) is 5.88 Å². The van der Waals surface area contributed by atoms with E-state index in [1.165, 1.54) is 29.4 Å². The van der Waals surface area contributed by atoms with E-state index in [0.29, 0.717) is 36.1 Å². The van der Waals surface area contributed by atoms with Crippen LogP contribution in [0.1, 0.15) is 28.8 Å². The van der Waals surface area contributed by atoms with Crippen molar-refractivity contribution in [2.45, 2.75) is 25.8 Å². The summed E-state index contributed by atoms with van der Waals surface area (Å²) in [6.45, 7) is 2.85. The molecular formula is C25H22FN5O4. The molecule has 0 spiro atoms. The standard InChI is InChI=1S/C25H22FN5O4/c1-15-4-2-6-29-24(15)35-14-16-5-3-9-30(16)21-11-20-17(10-19(21)26)23(32)18(25(33)34)13-31(20)22-12-27-7-8-28-22/h2,4,6-8,10-13,16H,3,5,9,14H2,1H3,(H,33,34). The number of carboxylic acid groups (broad SMARTS) is 1. The minimum atomic E-state index is -1.40. The number of benzene rings is 1. The Morgan fingerprint density at radius 1 is 1.26 bits per heavy atom. The zero-order valence-corrected chi connectivity index (χ0v) is 18.9. The van der Waals surface area contributed by atoms with Crippen molar-refractivity contribution in [3.8, 4) is 11.7 Å². The molecule has 1 atom stereocenters. The quantitative estimate of drug-likeness (QED) is 0.452. The zero-order chi connectivity index (χ0) is 24.5. The van der Waals surface area contributed by atoms with E-state index in [0.717, 1.165) is 24.5 Å². The van der Waals surface area contributed by atoms with Gasteiger partial charge in [0.1, 0.15) is 18.0 Å². The number of aryl methyl sites for hydroxylation is 1. The number of aromatic carboxylic acids is 1. The zero-order valence-electron chi connectivity index (χ0n) is 18.9. The Morgan fingerprint density at radius 2 is 2.11 bits per heavy atom. The molecule has 1 fully saturated rings. The van der Waals surface area contributed by atoms with E-state index in [1.54, 1.807) is 12.3 Å². The first-order valence-corrected chi connectivity index (χ1v) is 11.1. The molecule has 178 valence electrons. The predicted molar refractivity (Wildman–Crippen MR) is 127 cm³/mol. The SMILES string of the molecule is Cc1cccnc1OCC1CCCN1c1cc2c(cc1F)c(=O)c(C(=O)O)cn2-c1cnccn1. The summed E-state index contributed by atoms with van der Waals surface area (Å²) in [5, 5.41) is 9.48. The molecule has 0 amide bonds. The summed E-state index contributed by atoms with van der Waals surface area (Å²) in [5.41, 5.74) is 0.320. The summed E-state index contributed by atoms with van der Waals surface area (Å²) < 4.78 is 22.8. The highest BCUT2D eigenvalue weighted by molar-refractivity contribution is 5.94. The van der Waals surface area contributed by atoms with Gasteiger partial charge in [0.05, 0.1) is 28.8 Å². The minimum absolute atomic E-state index is 0.0482. The van der Waals surface area contributed by atoms with E-state index in [2.05, 4.69) is 15.0 Å². The van der Waals surface area contributed by atoms with E-state index >= 15 is 4.39 Å². The maximum atomic E-state index is 15.4. The van der Waals surface area contributed by atoms with Gasteiger partial charge in [0.25, 0.3) is 0 Å². The van der Waals surface area contributed by atoms with Crippen LogP contribution in [-0.4, -0.2) is 49.8 Å². The third kappa shape index (κ3) is 4.18. The average Bonchev–Trinajstić information content (AvgIpc) is 3.32. The molecule has 0 radical (unpaired) electrons. The predicted octanol–water partition coefficient (Wildman–Crippen LogP) is 3.37. The molecule has 35 heavy (non-hydrogen) atoms. The molecule has 1 aromatic carbocycles. The summed E-state index contributed by atoms with van der Waals surface area (Å²) in [4.78, 5) is 39.0. The second-order valence-corrected chi connectivity index (χ2v) is 8.36. The lowest BCUT2D eigenvalue weighted by molar-refractivity contribution is 0.0695. The molecule has 4 heterocycles. The van der Waals surface area contributed by atoms with Crippen molar-refractivity contribution >= 4 is 22.6 Å². The number of carbonyl (C=O) groups is 1. The average molecular weight is 475 g/mol. The second kappa shape index (κ2) is 9.13. The summed E-state index contributed by atoms with van der Waals surface area (Å²) >= 11 is 0. The van der Waals surface area contributed by atoms with Gasteiger partial charge in [-0.2, -0.15) is 0 Å². The van der Waals surface area contributed by atoms with Crippen LogP contribution >= 0.6 is 0 Å². The third-order valence-corrected chi connectivity index (χ3v) is 6.16. The molecule has 10 heteroatoms. The Balaban J connectivity index is 1.58. The maximum absolute atomic E-state index is 15.4. The van der Waals surface area contributed by atoms with Crippen LogP contribution in [0.15, 0.2) is 60.0 Å². The van der Waals surface area contributed by atoms with Crippen LogP contribution in [0.25, 0.3) is 16.7 Å². The first-order valence-electron chi connectivity index (χ1n) is 11.1. The van der Waals surface area contributed by atoms with Gasteiger partial charge in [-0.1, -0.05) is 6.07 Å². The number of hydrogen-bond donors (Lipinski definition) is 1. The van der Waals surface area contributed by atoms with Gasteiger partial charge in [0.15, 0.2) is 5.82 Å². The van der Waals surface area contributed by atoms with Crippen LogP contribution in [0.2, 0.25) is 0 Å². The van der Waals surface area contributed by atoms with Gasteiger partial charge in [-0.05, 0) is 38.0 Å². The fraction of sp³-hybridized carbons (Fsp3) is 0.240. The molecule has 1 aliphatic rings. The molecule has 1 N–H and O–H groups in total. The topological polar surface area (TPSA) is 110 Å². The van der Waals surface area contributed by atoms with Crippen molar-refractivity contribution in [1.82, 2.24) is 19.5 Å². The Morgan fingerprint density at radius 3 is 2.86 bits per heavy atom. The lowest BCUT2D eigenvalue weighted by Crippen LogP contribution is -2.35. The summed E-state index contributed by atoms with van der Waals surface area (Å²) in [7, 11) is 0. The first-order chi connectivity index (χ1) is 16.9. The Hall–Kier alpha value is -4.34. The highest BCUT2D eigenvalue weighted by Gasteiger charge is 2.29. The molecule has 1 unspecified atom stereocenters. The van der Waals surface area contributed by atoms with Crippen LogP contribution in [0, 0.1) is 12.7 Å². The number of hydrogen-bond acceptors (Lipinski definition) is 7. The smallest absolute Gasteiger partial charge is 0.341 e. The van der Waals surface area contributed by atoms with E-state index < -0.39 is 22.8 Å². The molecule has 4 aromatic rings. The fourth-order valence-electron chi connectivity index (χ4n) is 4.44. The van der Waals surface area contributed by atoms with Gasteiger partial charge >= 0.3 is 5.97 Å². The summed E-state index contributed by atoms with van der Waals surface area (Å²) in [5.74, 6) is -1.16. The van der Waals surface area contributed by atoms with Crippen molar-refractivity contribution < 1.29 is 19.0 Å². The molecule has 0 saturated carbocycles. The van der Waals surface area contributed by atoms with Crippen molar-refractivity contribution in [2.75, 3.05) is 18.1 Å². The molecular weight excluding hydrogens is 453 g/mol. The maximum Gasteiger partial charge on any atom is 0.341 e. The summed E-state index contributed by atoms with van der Waals surface area (Å²) in [6.07, 6.45) is 8.90. The van der Waals surface area contributed by atoms with E-state index in [-0.39, 0.29) is 11.4 Å². The van der Waals surface area contributed by atoms with Gasteiger partial charge in [-0.25, -0.2) is 19.2 Å². The number of nitrogens with zero attached hydrogens (tertiary/aromatic N) is 5. The Labute approximate surface area is 199 Å². The lowest BCUT2D eigenvalue weighted by Gasteiger charge is -2.28. The van der Waals surface area contributed by atoms with Crippen molar-refractivity contribution in [3.63, 3.8) is 0 Å². The van der Waals surface area contributed by atoms with Crippen LogP contribution in [0.3, 0.4) is 0 Å². The van der Waals surface area contributed by atoms with Gasteiger partial charge in [0, 0.05) is 36.9 Å². The molecule has 5 rings (SSSR count). The fourth-order valence-corrected chi connectivity index (χ4v) is 4.44. The number of rotatable bonds is 6. The third-order valence-electron chi connectivity index (χ3n) is 6.16. The molecule has 1 saturated heterocycles. The molecule has 0 bridgehead atoms. The van der Waals surface area contributed by atoms with E-state index in [9.17, 15) is 14.7 Å². The first kappa shape index (κ1) is 22.5. The monoisotopic (exact) mass is 475 g/mol. The van der Waals surface area contributed by atoms with Crippen molar-refractivity contribution in [3.05, 3.63) is 82.4 Å². The molecule has 3 aromatic heterocycles. The van der Waals surface area contributed by atoms with Crippen molar-refractivity contribution in [2.24, 2.45) is 0 Å². The Bertz CT molecular complexity index is 1470. The Kier molecular flexibility index (Phi) is 5.86. The van der Waals surface area contributed by atoms with Gasteiger partial charge in [-0.3, -0.25) is 14.3 Å². The number of fused-ring (bicyclic) bond motifs is 1. The molecule has 9 nitrogen and oxygen atoms in total. The van der Waals surface area contributed by atoms with Crippen LogP contribution in [-0.2, 0) is 0 Å². The number of ether oxygens (including phenoxy) is 1. The normalized spacial score (nSPS) is 15.5. The van der Waals surface area contributed by atoms with Crippen molar-refractivity contribution in [1.29, 1.82) is 0 Å². The van der Waals surface area contributed by atoms with Crippen LogP contribution < -0.4 is 15.1 Å².